The van der Waals surface area contributed by atoms with Crippen molar-refractivity contribution in [3.05, 3.63) is 0 Å². The summed E-state index contributed by atoms with van der Waals surface area (Å²) in [7, 11) is 0. The molecular weight excluding hydrogens is 774 g/mol. The molecule has 56 heavy (non-hydrogen) atoms. The summed E-state index contributed by atoms with van der Waals surface area (Å²) in [5.74, 6) is 0. The van der Waals surface area contributed by atoms with E-state index in [4.69, 9.17) is 48.4 Å². The van der Waals surface area contributed by atoms with Crippen LogP contribution in [0.25, 0.3) is 0 Å². The highest BCUT2D eigenvalue weighted by molar-refractivity contribution is 4.98. The number of aliphatic hydroxyl groups is 16. The second-order valence-corrected chi connectivity index (χ2v) is 14.1. The Morgan fingerprint density at radius 3 is 1.23 bits per heavy atom. The molecule has 5 heterocycles. The number of rotatable bonds is 13. The van der Waals surface area contributed by atoms with Crippen molar-refractivity contribution < 1.29 is 124 Å². The molecule has 5 fully saturated rings. The van der Waals surface area contributed by atoms with E-state index in [1.54, 1.807) is 0 Å². The predicted octanol–water partition coefficient (Wildman–Crippen LogP) is -12.0. The first-order valence-corrected chi connectivity index (χ1v) is 17.7. The summed E-state index contributed by atoms with van der Waals surface area (Å²) in [6.45, 7) is -4.31. The smallest absolute Gasteiger partial charge is 0.187 e. The summed E-state index contributed by atoms with van der Waals surface area (Å²) >= 11 is 0. The van der Waals surface area contributed by atoms with E-state index in [-0.39, 0.29) is 0 Å². The van der Waals surface area contributed by atoms with Crippen molar-refractivity contribution in [1.29, 1.82) is 0 Å². The van der Waals surface area contributed by atoms with Gasteiger partial charge in [-0.15, -0.1) is 0 Å². The van der Waals surface area contributed by atoms with E-state index in [1.165, 1.54) is 0 Å². The van der Waals surface area contributed by atoms with Gasteiger partial charge in [-0.25, -0.2) is 0 Å². The van der Waals surface area contributed by atoms with Crippen LogP contribution in [-0.2, 0) is 42.6 Å². The maximum Gasteiger partial charge on any atom is 0.187 e. The topological polar surface area (TPSA) is 433 Å². The van der Waals surface area contributed by atoms with Crippen LogP contribution in [0.15, 0.2) is 0 Å². The van der Waals surface area contributed by atoms with Gasteiger partial charge < -0.3 is 130 Å². The highest BCUT2D eigenvalue weighted by Crippen LogP contribution is 2.34. The Hall–Kier alpha value is -1.04. The largest absolute Gasteiger partial charge is 0.394 e. The molecule has 0 radical (unpaired) electrons. The maximum atomic E-state index is 11.1. The van der Waals surface area contributed by atoms with Gasteiger partial charge >= 0.3 is 0 Å². The Bertz CT molecular complexity index is 1210. The average Bonchev–Trinajstić information content (AvgIpc) is 3.19. The zero-order valence-electron chi connectivity index (χ0n) is 29.4. The molecule has 0 unspecified atom stereocenters. The molecule has 26 nitrogen and oxygen atoms in total. The normalized spacial score (nSPS) is 53.2. The molecule has 18 N–H and O–H groups in total. The number of nitrogens with two attached hydrogens (primary N) is 1. The lowest BCUT2D eigenvalue weighted by atomic mass is 9.96. The molecule has 26 heteroatoms. The molecule has 0 aromatic heterocycles. The van der Waals surface area contributed by atoms with E-state index in [2.05, 4.69) is 0 Å². The van der Waals surface area contributed by atoms with E-state index in [0.29, 0.717) is 0 Å². The summed E-state index contributed by atoms with van der Waals surface area (Å²) in [5, 5.41) is 166. The third-order valence-electron chi connectivity index (χ3n) is 10.4. The molecule has 5 saturated heterocycles. The summed E-state index contributed by atoms with van der Waals surface area (Å²) < 4.78 is 50.1. The first kappa shape index (κ1) is 46.0. The first-order valence-electron chi connectivity index (χ1n) is 17.7. The SMILES string of the molecule is N[C@@H]1[C@@H](O)[C@H](O[C@H]2O[C@H](CO[C@H]3O[C@H](CO)[C@@H](O)[C@H](O)[C@@H]3O[C@H]3O[C@H](CO)[C@@H](O)[C@H](O)[C@@H]3O[C@H]3O[C@H](CO)[C@@H](O)[C@H](O)[C@@H]3O)[C@@H](O)[C@H](O)[C@@H]2O)[C@@H](CO)O[C@@H]1O. The second kappa shape index (κ2) is 19.6. The van der Waals surface area contributed by atoms with E-state index in [1.807, 2.05) is 0 Å². The molecule has 0 aliphatic carbocycles. The van der Waals surface area contributed by atoms with Gasteiger partial charge in [0.2, 0.25) is 0 Å². The fraction of sp³-hybridized carbons (Fsp3) is 1.00. The highest BCUT2D eigenvalue weighted by Gasteiger charge is 2.55. The van der Waals surface area contributed by atoms with E-state index in [9.17, 15) is 81.7 Å². The molecule has 5 aliphatic rings. The van der Waals surface area contributed by atoms with Crippen LogP contribution in [0.1, 0.15) is 0 Å². The van der Waals surface area contributed by atoms with Gasteiger partial charge in [0.25, 0.3) is 0 Å². The fourth-order valence-corrected chi connectivity index (χ4v) is 6.92. The van der Waals surface area contributed by atoms with Crippen molar-refractivity contribution in [2.45, 2.75) is 153 Å². The first-order chi connectivity index (χ1) is 26.5. The zero-order chi connectivity index (χ0) is 41.3. The molecule has 25 atom stereocenters. The minimum absolute atomic E-state index is 0.805. The van der Waals surface area contributed by atoms with E-state index in [0.717, 1.165) is 0 Å². The standard InChI is InChI=1S/C30H53NO25/c31-11-16(40)23(9(4-35)49-26(11)47)54-28-22(46)18(42)15(39)10(53-28)5-48-29-24(19(43)13(37)7(2-33)51-29)56-30-25(20(44)14(38)8(3-34)52-30)55-27-21(45)17(41)12(36)6(1-32)50-27/h6-30,32-47H,1-5,31H2/t6-,7-,8-,9-,10-,11-,12-,13-,14-,15-,16-,17+,18+,19+,20+,21+,22+,23-,24+,25+,26+,27-,28-,29+,30-/m1/s1. The van der Waals surface area contributed by atoms with Crippen molar-refractivity contribution >= 4 is 0 Å². The Labute approximate surface area is 316 Å². The third-order valence-corrected chi connectivity index (χ3v) is 10.4. The number of aliphatic hydroxyl groups excluding tert-OH is 16. The van der Waals surface area contributed by atoms with Crippen LogP contribution in [0.3, 0.4) is 0 Å². The molecule has 5 aliphatic heterocycles. The van der Waals surface area contributed by atoms with Gasteiger partial charge in [0.1, 0.15) is 116 Å². The molecule has 0 saturated carbocycles. The number of hydrogen-bond donors (Lipinski definition) is 17. The lowest BCUT2D eigenvalue weighted by Crippen LogP contribution is -2.67. The third kappa shape index (κ3) is 9.31. The number of hydrogen-bond acceptors (Lipinski definition) is 26. The predicted molar refractivity (Wildman–Crippen MR) is 168 cm³/mol. The van der Waals surface area contributed by atoms with Gasteiger partial charge in [0.05, 0.1) is 39.1 Å². The van der Waals surface area contributed by atoms with Crippen LogP contribution in [0.5, 0.6) is 0 Å². The molecule has 5 rings (SSSR count). The molecule has 328 valence electrons. The summed E-state index contributed by atoms with van der Waals surface area (Å²) in [6, 6.07) is -1.44. The monoisotopic (exact) mass is 827 g/mol. The molecule has 0 aromatic carbocycles. The van der Waals surface area contributed by atoms with Gasteiger partial charge in [0, 0.05) is 0 Å². The van der Waals surface area contributed by atoms with Gasteiger partial charge in [-0.05, 0) is 0 Å². The zero-order valence-corrected chi connectivity index (χ0v) is 29.4. The van der Waals surface area contributed by atoms with Crippen LogP contribution < -0.4 is 5.73 Å². The van der Waals surface area contributed by atoms with Crippen molar-refractivity contribution in [2.75, 3.05) is 33.0 Å². The van der Waals surface area contributed by atoms with Crippen molar-refractivity contribution in [2.24, 2.45) is 5.73 Å². The van der Waals surface area contributed by atoms with E-state index >= 15 is 0 Å². The fourth-order valence-electron chi connectivity index (χ4n) is 6.92. The van der Waals surface area contributed by atoms with Crippen LogP contribution >= 0.6 is 0 Å². The minimum Gasteiger partial charge on any atom is -0.394 e. The summed E-state index contributed by atoms with van der Waals surface area (Å²) in [4.78, 5) is 0. The summed E-state index contributed by atoms with van der Waals surface area (Å²) in [5.41, 5.74) is 5.73. The molecule has 0 spiro atoms. The van der Waals surface area contributed by atoms with Gasteiger partial charge in [-0.3, -0.25) is 0 Å². The van der Waals surface area contributed by atoms with Gasteiger partial charge in [-0.1, -0.05) is 0 Å². The average molecular weight is 828 g/mol. The summed E-state index contributed by atoms with van der Waals surface area (Å²) in [6.07, 6.45) is -43.7. The quantitative estimate of drug-likeness (QED) is 0.0819. The van der Waals surface area contributed by atoms with Crippen LogP contribution in [0, 0.1) is 0 Å². The molecular formula is C30H53NO25. The van der Waals surface area contributed by atoms with Crippen molar-refractivity contribution in [3.8, 4) is 0 Å². The molecule has 0 amide bonds. The lowest BCUT2D eigenvalue weighted by molar-refractivity contribution is -0.396. The number of ether oxygens (including phenoxy) is 9. The molecule has 0 aromatic rings. The lowest BCUT2D eigenvalue weighted by Gasteiger charge is -2.48. The Morgan fingerprint density at radius 1 is 0.357 bits per heavy atom. The van der Waals surface area contributed by atoms with Gasteiger partial charge in [0.15, 0.2) is 31.5 Å². The van der Waals surface area contributed by atoms with Crippen molar-refractivity contribution in [1.82, 2.24) is 0 Å². The van der Waals surface area contributed by atoms with Crippen LogP contribution in [-0.4, -0.2) is 268 Å². The second-order valence-electron chi connectivity index (χ2n) is 14.1. The van der Waals surface area contributed by atoms with Gasteiger partial charge in [-0.2, -0.15) is 0 Å². The van der Waals surface area contributed by atoms with Crippen LogP contribution in [0.2, 0.25) is 0 Å². The van der Waals surface area contributed by atoms with Crippen LogP contribution in [0.4, 0.5) is 0 Å². The maximum absolute atomic E-state index is 11.1. The Kier molecular flexibility index (Phi) is 16.1. The minimum atomic E-state index is -2.04. The molecule has 0 bridgehead atoms. The van der Waals surface area contributed by atoms with E-state index < -0.39 is 187 Å². The Balaban J connectivity index is 1.35. The van der Waals surface area contributed by atoms with Crippen molar-refractivity contribution in [3.63, 3.8) is 0 Å². The highest BCUT2D eigenvalue weighted by atomic mass is 16.8. The Morgan fingerprint density at radius 2 is 0.732 bits per heavy atom.